The summed E-state index contributed by atoms with van der Waals surface area (Å²) in [5.41, 5.74) is 0.872. The van der Waals surface area contributed by atoms with Crippen molar-refractivity contribution in [1.29, 1.82) is 0 Å². The number of hydrogen-bond donors (Lipinski definition) is 3. The predicted octanol–water partition coefficient (Wildman–Crippen LogP) is 3.21. The fourth-order valence-corrected chi connectivity index (χ4v) is 2.61. The van der Waals surface area contributed by atoms with Crippen LogP contribution in [-0.2, 0) is 0 Å². The van der Waals surface area contributed by atoms with E-state index in [1.54, 1.807) is 0 Å². The Balaban J connectivity index is 2.63. The molecule has 0 fully saturated rings. The van der Waals surface area contributed by atoms with Crippen LogP contribution in [0.1, 0.15) is 39.5 Å². The molecule has 0 saturated heterocycles. The second kappa shape index (κ2) is 8.63. The van der Waals surface area contributed by atoms with Gasteiger partial charge in [0.2, 0.25) is 0 Å². The van der Waals surface area contributed by atoms with Crippen LogP contribution in [0.25, 0.3) is 0 Å². The Labute approximate surface area is 133 Å². The molecule has 0 aliphatic heterocycles. The Morgan fingerprint density at radius 3 is 2.32 bits per heavy atom. The van der Waals surface area contributed by atoms with Gasteiger partial charge in [-0.25, -0.2) is 4.79 Å². The van der Waals surface area contributed by atoms with Gasteiger partial charge in [0.25, 0.3) is 0 Å². The maximum Gasteiger partial charge on any atom is 0.319 e. The summed E-state index contributed by atoms with van der Waals surface area (Å²) in [6.45, 7) is 4.34. The van der Waals surface area contributed by atoms with Gasteiger partial charge in [-0.1, -0.05) is 38.8 Å². The fraction of sp³-hybridized carbons (Fsp3) is 0.588. The first-order chi connectivity index (χ1) is 10.4. The fourth-order valence-electron chi connectivity index (χ4n) is 2.61. The first-order valence-electron chi connectivity index (χ1n) is 7.95. The van der Waals surface area contributed by atoms with Crippen LogP contribution >= 0.6 is 0 Å². The first kappa shape index (κ1) is 18.3. The average Bonchev–Trinajstić information content (AvgIpc) is 2.46. The number of amides is 2. The maximum atomic E-state index is 12.1. The summed E-state index contributed by atoms with van der Waals surface area (Å²) >= 11 is 0. The predicted molar refractivity (Wildman–Crippen MR) is 92.6 cm³/mol. The number of para-hydroxylation sites is 2. The highest BCUT2D eigenvalue weighted by Crippen LogP contribution is 2.23. The summed E-state index contributed by atoms with van der Waals surface area (Å²) in [4.78, 5) is 14.0. The number of hydrogen-bond acceptors (Lipinski definition) is 3. The van der Waals surface area contributed by atoms with Gasteiger partial charge >= 0.3 is 6.03 Å². The third-order valence-corrected chi connectivity index (χ3v) is 3.64. The van der Waals surface area contributed by atoms with Gasteiger partial charge in [-0.15, -0.1) is 0 Å². The molecule has 0 bridgehead atoms. The van der Waals surface area contributed by atoms with Gasteiger partial charge in [0.05, 0.1) is 17.0 Å². The third-order valence-electron chi connectivity index (χ3n) is 3.64. The van der Waals surface area contributed by atoms with Crippen LogP contribution in [-0.4, -0.2) is 37.4 Å². The monoisotopic (exact) mass is 307 g/mol. The minimum absolute atomic E-state index is 0.268. The van der Waals surface area contributed by atoms with Gasteiger partial charge in [-0.2, -0.15) is 0 Å². The standard InChI is InChI=1S/C17H29N3O2/c1-5-11-17(22,12-6-2)13-18-16(21)19-14-9-7-8-10-15(14)20(3)4/h7-10,22H,5-6,11-13H2,1-4H3,(H2,18,19,21). The Morgan fingerprint density at radius 1 is 1.18 bits per heavy atom. The van der Waals surface area contributed by atoms with E-state index in [0.29, 0.717) is 12.8 Å². The topological polar surface area (TPSA) is 64.6 Å². The first-order valence-corrected chi connectivity index (χ1v) is 7.95. The summed E-state index contributed by atoms with van der Waals surface area (Å²) in [6.07, 6.45) is 3.16. The van der Waals surface area contributed by atoms with Crippen LogP contribution in [0.2, 0.25) is 0 Å². The number of nitrogens with zero attached hydrogens (tertiary/aromatic N) is 1. The quantitative estimate of drug-likeness (QED) is 0.691. The number of rotatable bonds is 8. The zero-order valence-corrected chi connectivity index (χ0v) is 14.1. The minimum atomic E-state index is -0.818. The molecule has 0 unspecified atom stereocenters. The molecule has 22 heavy (non-hydrogen) atoms. The summed E-state index contributed by atoms with van der Waals surface area (Å²) in [7, 11) is 3.86. The molecule has 3 N–H and O–H groups in total. The van der Waals surface area contributed by atoms with E-state index in [-0.39, 0.29) is 12.6 Å². The normalized spacial score (nSPS) is 11.1. The van der Waals surface area contributed by atoms with Crippen molar-refractivity contribution >= 4 is 17.4 Å². The van der Waals surface area contributed by atoms with E-state index in [4.69, 9.17) is 0 Å². The lowest BCUT2D eigenvalue weighted by Gasteiger charge is -2.28. The number of anilines is 2. The Hall–Kier alpha value is -1.75. The Morgan fingerprint density at radius 2 is 1.77 bits per heavy atom. The molecule has 0 aliphatic carbocycles. The van der Waals surface area contributed by atoms with E-state index in [0.717, 1.165) is 24.2 Å². The number of aliphatic hydroxyl groups is 1. The SMILES string of the molecule is CCCC(O)(CCC)CNC(=O)Nc1ccccc1N(C)C. The van der Waals surface area contributed by atoms with Crippen molar-refractivity contribution in [3.05, 3.63) is 24.3 Å². The molecule has 1 rings (SSSR count). The largest absolute Gasteiger partial charge is 0.388 e. The molecular weight excluding hydrogens is 278 g/mol. The van der Waals surface area contributed by atoms with Crippen LogP contribution in [0.4, 0.5) is 16.2 Å². The van der Waals surface area contributed by atoms with E-state index in [1.807, 2.05) is 57.1 Å². The molecule has 0 atom stereocenters. The highest BCUT2D eigenvalue weighted by Gasteiger charge is 2.25. The number of carbonyl (C=O) groups is 1. The minimum Gasteiger partial charge on any atom is -0.388 e. The lowest BCUT2D eigenvalue weighted by molar-refractivity contribution is 0.0245. The highest BCUT2D eigenvalue weighted by atomic mass is 16.3. The molecule has 5 nitrogen and oxygen atoms in total. The molecule has 5 heteroatoms. The van der Waals surface area contributed by atoms with Crippen LogP contribution in [0.15, 0.2) is 24.3 Å². The Bertz CT molecular complexity index is 469. The molecular formula is C17H29N3O2. The maximum absolute atomic E-state index is 12.1. The molecule has 2 amide bonds. The van der Waals surface area contributed by atoms with E-state index in [9.17, 15) is 9.90 Å². The summed E-state index contributed by atoms with van der Waals surface area (Å²) in [5, 5.41) is 16.2. The van der Waals surface area contributed by atoms with Crippen LogP contribution in [0, 0.1) is 0 Å². The van der Waals surface area contributed by atoms with E-state index < -0.39 is 5.60 Å². The van der Waals surface area contributed by atoms with Gasteiger partial charge in [-0.05, 0) is 25.0 Å². The van der Waals surface area contributed by atoms with Gasteiger partial charge in [0, 0.05) is 20.6 Å². The number of carbonyl (C=O) groups excluding carboxylic acids is 1. The number of nitrogens with one attached hydrogen (secondary N) is 2. The second-order valence-electron chi connectivity index (χ2n) is 5.94. The van der Waals surface area contributed by atoms with Crippen molar-refractivity contribution < 1.29 is 9.90 Å². The summed E-state index contributed by atoms with van der Waals surface area (Å²) < 4.78 is 0. The van der Waals surface area contributed by atoms with Crippen LogP contribution in [0.5, 0.6) is 0 Å². The van der Waals surface area contributed by atoms with Crippen LogP contribution < -0.4 is 15.5 Å². The van der Waals surface area contributed by atoms with Crippen molar-refractivity contribution in [2.24, 2.45) is 0 Å². The Kier molecular flexibility index (Phi) is 7.18. The van der Waals surface area contributed by atoms with Gasteiger partial charge in [0.15, 0.2) is 0 Å². The average molecular weight is 307 g/mol. The van der Waals surface area contributed by atoms with Gasteiger partial charge < -0.3 is 20.6 Å². The van der Waals surface area contributed by atoms with E-state index in [2.05, 4.69) is 10.6 Å². The van der Waals surface area contributed by atoms with Crippen molar-refractivity contribution in [1.82, 2.24) is 5.32 Å². The number of urea groups is 1. The summed E-state index contributed by atoms with van der Waals surface area (Å²) in [6, 6.07) is 7.33. The van der Waals surface area contributed by atoms with Gasteiger partial charge in [-0.3, -0.25) is 0 Å². The van der Waals surface area contributed by atoms with E-state index >= 15 is 0 Å². The van der Waals surface area contributed by atoms with Gasteiger partial charge in [0.1, 0.15) is 0 Å². The molecule has 0 radical (unpaired) electrons. The van der Waals surface area contributed by atoms with Crippen molar-refractivity contribution in [2.45, 2.75) is 45.1 Å². The molecule has 124 valence electrons. The molecule has 0 saturated carbocycles. The highest BCUT2D eigenvalue weighted by molar-refractivity contribution is 5.93. The molecule has 1 aromatic rings. The lowest BCUT2D eigenvalue weighted by Crippen LogP contribution is -2.44. The number of benzene rings is 1. The smallest absolute Gasteiger partial charge is 0.319 e. The molecule has 0 aliphatic rings. The summed E-state index contributed by atoms with van der Waals surface area (Å²) in [5.74, 6) is 0. The lowest BCUT2D eigenvalue weighted by atomic mass is 9.93. The van der Waals surface area contributed by atoms with Crippen molar-refractivity contribution in [2.75, 3.05) is 30.9 Å². The van der Waals surface area contributed by atoms with Crippen molar-refractivity contribution in [3.8, 4) is 0 Å². The second-order valence-corrected chi connectivity index (χ2v) is 5.94. The van der Waals surface area contributed by atoms with Crippen LogP contribution in [0.3, 0.4) is 0 Å². The third kappa shape index (κ3) is 5.56. The van der Waals surface area contributed by atoms with Crippen molar-refractivity contribution in [3.63, 3.8) is 0 Å². The van der Waals surface area contributed by atoms with E-state index in [1.165, 1.54) is 0 Å². The zero-order chi connectivity index (χ0) is 16.6. The molecule has 1 aromatic carbocycles. The molecule has 0 heterocycles. The molecule has 0 spiro atoms. The zero-order valence-electron chi connectivity index (χ0n) is 14.1. The molecule has 0 aromatic heterocycles.